The maximum Gasteiger partial charge on any atom is 0.434 e. The lowest BCUT2D eigenvalue weighted by Crippen LogP contribution is -2.21. The van der Waals surface area contributed by atoms with E-state index in [9.17, 15) is 22.8 Å². The molecule has 0 aliphatic heterocycles. The highest BCUT2D eigenvalue weighted by Gasteiger charge is 2.42. The van der Waals surface area contributed by atoms with Crippen LogP contribution in [0, 0.1) is 5.82 Å². The molecule has 3 heterocycles. The number of H-pyrrole nitrogens is 1. The van der Waals surface area contributed by atoms with Crippen LogP contribution in [0.3, 0.4) is 0 Å². The molecule has 3 aromatic heterocycles. The Morgan fingerprint density at radius 3 is 2.41 bits per heavy atom. The van der Waals surface area contributed by atoms with E-state index in [2.05, 4.69) is 15.0 Å². The minimum Gasteiger partial charge on any atom is -0.452 e. The highest BCUT2D eigenvalue weighted by atomic mass is 19.4. The molecule has 0 unspecified atom stereocenters. The summed E-state index contributed by atoms with van der Waals surface area (Å²) in [5.41, 5.74) is 2.97. The van der Waals surface area contributed by atoms with Crippen LogP contribution in [0.25, 0.3) is 28.2 Å². The van der Waals surface area contributed by atoms with E-state index >= 15 is 4.39 Å². The number of para-hydroxylation sites is 1. The first kappa shape index (κ1) is 25.7. The second-order valence-electron chi connectivity index (χ2n) is 8.81. The molecule has 0 aliphatic rings. The number of imidazole rings is 2. The van der Waals surface area contributed by atoms with Crippen molar-refractivity contribution in [1.82, 2.24) is 24.1 Å². The zero-order valence-corrected chi connectivity index (χ0v) is 20.5. The molecule has 39 heavy (non-hydrogen) atoms. The van der Waals surface area contributed by atoms with Gasteiger partial charge in [0, 0.05) is 29.6 Å². The van der Waals surface area contributed by atoms with Crippen LogP contribution < -0.4 is 16.2 Å². The summed E-state index contributed by atoms with van der Waals surface area (Å²) in [6.45, 7) is 3.57. The molecule has 1 amide bonds. The molecule has 0 aliphatic carbocycles. The smallest absolute Gasteiger partial charge is 0.434 e. The summed E-state index contributed by atoms with van der Waals surface area (Å²) >= 11 is 0. The number of aromatic nitrogens is 5. The topological polar surface area (TPSA) is 121 Å². The van der Waals surface area contributed by atoms with Gasteiger partial charge in [-0.3, -0.25) is 18.9 Å². The Hall–Kier alpha value is -4.94. The predicted molar refractivity (Wildman–Crippen MR) is 133 cm³/mol. The molecule has 5 aromatic rings. The first-order valence-electron chi connectivity index (χ1n) is 11.6. The van der Waals surface area contributed by atoms with Crippen LogP contribution in [0.15, 0.2) is 65.6 Å². The number of hydrogen-bond acceptors (Lipinski definition) is 5. The maximum atomic E-state index is 15.4. The van der Waals surface area contributed by atoms with Crippen LogP contribution in [-0.4, -0.2) is 30.0 Å². The molecular weight excluding hydrogens is 520 g/mol. The van der Waals surface area contributed by atoms with Gasteiger partial charge in [0.05, 0.1) is 0 Å². The summed E-state index contributed by atoms with van der Waals surface area (Å²) in [4.78, 5) is 34.9. The molecule has 5 rings (SSSR count). The molecule has 200 valence electrons. The Balaban J connectivity index is 1.64. The third kappa shape index (κ3) is 4.51. The lowest BCUT2D eigenvalue weighted by molar-refractivity contribution is -0.142. The van der Waals surface area contributed by atoms with Crippen molar-refractivity contribution in [2.24, 2.45) is 5.73 Å². The fraction of sp³-hybridized carbons (Fsp3) is 0.154. The zero-order valence-electron chi connectivity index (χ0n) is 20.5. The van der Waals surface area contributed by atoms with Crippen molar-refractivity contribution in [3.8, 4) is 28.6 Å². The summed E-state index contributed by atoms with van der Waals surface area (Å²) < 4.78 is 65.5. The number of halogens is 4. The quantitative estimate of drug-likeness (QED) is 0.287. The van der Waals surface area contributed by atoms with Crippen molar-refractivity contribution in [3.05, 3.63) is 88.5 Å². The molecule has 0 saturated carbocycles. The van der Waals surface area contributed by atoms with Crippen molar-refractivity contribution >= 4 is 17.1 Å². The standard InChI is InChI=1S/C26H20F4N6O3/c1-13(2)35-20-18(10-11-32-23(20)34-25(35)38)39-17-9-8-14(12-16(17)27)24-33-19(22(31)37)21(26(28,29)30)36(24)15-6-4-3-5-7-15/h3-13H,1-2H3,(H2,31,37)(H,32,34,38). The molecule has 2 aromatic carbocycles. The van der Waals surface area contributed by atoms with E-state index in [0.717, 1.165) is 6.07 Å². The molecule has 0 spiro atoms. The number of amides is 1. The minimum absolute atomic E-state index is 0.0406. The summed E-state index contributed by atoms with van der Waals surface area (Å²) in [5, 5.41) is 0. The number of aromatic amines is 1. The fourth-order valence-electron chi connectivity index (χ4n) is 4.32. The molecule has 0 bridgehead atoms. The van der Waals surface area contributed by atoms with Gasteiger partial charge in [-0.25, -0.2) is 19.2 Å². The van der Waals surface area contributed by atoms with Crippen molar-refractivity contribution < 1.29 is 27.1 Å². The number of nitrogens with two attached hydrogens (primary N) is 1. The average Bonchev–Trinajstić information content (AvgIpc) is 3.45. The summed E-state index contributed by atoms with van der Waals surface area (Å²) in [6.07, 6.45) is -3.62. The van der Waals surface area contributed by atoms with Gasteiger partial charge in [0.15, 0.2) is 34.4 Å². The SMILES string of the molecule is CC(C)n1c(=O)[nH]c2nccc(Oc3ccc(-c4nc(C(N)=O)c(C(F)(F)F)n4-c4ccccc4)cc3F)c21. The van der Waals surface area contributed by atoms with Gasteiger partial charge in [-0.1, -0.05) is 18.2 Å². The number of ether oxygens (including phenoxy) is 1. The molecule has 3 N–H and O–H groups in total. The Labute approximate surface area is 217 Å². The lowest BCUT2D eigenvalue weighted by Gasteiger charge is -2.15. The minimum atomic E-state index is -5.00. The Morgan fingerprint density at radius 1 is 1.08 bits per heavy atom. The van der Waals surface area contributed by atoms with Gasteiger partial charge >= 0.3 is 11.9 Å². The fourth-order valence-corrected chi connectivity index (χ4v) is 4.32. The van der Waals surface area contributed by atoms with Gasteiger partial charge in [-0.2, -0.15) is 13.2 Å². The largest absolute Gasteiger partial charge is 0.452 e. The average molecular weight is 540 g/mol. The number of alkyl halides is 3. The van der Waals surface area contributed by atoms with E-state index < -0.39 is 35.0 Å². The summed E-state index contributed by atoms with van der Waals surface area (Å²) in [5.74, 6) is -2.79. The molecular formula is C26H20F4N6O3. The molecule has 9 nitrogen and oxygen atoms in total. The highest BCUT2D eigenvalue weighted by Crippen LogP contribution is 2.39. The van der Waals surface area contributed by atoms with Crippen LogP contribution in [0.1, 0.15) is 36.1 Å². The number of nitrogens with zero attached hydrogens (tertiary/aromatic N) is 4. The van der Waals surface area contributed by atoms with Gasteiger partial charge in [-0.15, -0.1) is 0 Å². The second kappa shape index (κ2) is 9.42. The van der Waals surface area contributed by atoms with Crippen molar-refractivity contribution in [1.29, 1.82) is 0 Å². The number of rotatable bonds is 6. The van der Waals surface area contributed by atoms with Gasteiger partial charge in [0.2, 0.25) is 0 Å². The number of carbonyl (C=O) groups excluding carboxylic acids is 1. The number of fused-ring (bicyclic) bond motifs is 1. The molecule has 0 saturated heterocycles. The highest BCUT2D eigenvalue weighted by molar-refractivity contribution is 5.93. The van der Waals surface area contributed by atoms with Crippen molar-refractivity contribution in [2.75, 3.05) is 0 Å². The summed E-state index contributed by atoms with van der Waals surface area (Å²) in [7, 11) is 0. The molecule has 0 atom stereocenters. The number of primary amides is 1. The first-order valence-corrected chi connectivity index (χ1v) is 11.6. The van der Waals surface area contributed by atoms with E-state index in [1.54, 1.807) is 19.9 Å². The number of carbonyl (C=O) groups is 1. The molecule has 0 radical (unpaired) electrons. The van der Waals surface area contributed by atoms with E-state index in [1.807, 2.05) is 0 Å². The molecule has 13 heteroatoms. The number of nitrogens with one attached hydrogen (secondary N) is 1. The van der Waals surface area contributed by atoms with Gasteiger partial charge in [0.1, 0.15) is 11.3 Å². The monoisotopic (exact) mass is 540 g/mol. The van der Waals surface area contributed by atoms with Crippen LogP contribution in [-0.2, 0) is 6.18 Å². The third-order valence-electron chi connectivity index (χ3n) is 5.89. The van der Waals surface area contributed by atoms with Gasteiger partial charge < -0.3 is 10.5 Å². The van der Waals surface area contributed by atoms with E-state index in [-0.39, 0.29) is 40.3 Å². The number of benzene rings is 2. The van der Waals surface area contributed by atoms with E-state index in [4.69, 9.17) is 10.5 Å². The second-order valence-corrected chi connectivity index (χ2v) is 8.81. The normalized spacial score (nSPS) is 11.9. The third-order valence-corrected chi connectivity index (χ3v) is 5.89. The molecule has 0 fully saturated rings. The van der Waals surface area contributed by atoms with Gasteiger partial charge in [0.25, 0.3) is 5.91 Å². The Morgan fingerprint density at radius 2 is 1.79 bits per heavy atom. The Kier molecular flexibility index (Phi) is 6.21. The van der Waals surface area contributed by atoms with E-state index in [1.165, 1.54) is 53.2 Å². The van der Waals surface area contributed by atoms with Crippen molar-refractivity contribution in [2.45, 2.75) is 26.1 Å². The predicted octanol–water partition coefficient (Wildman–Crippen LogP) is 5.21. The van der Waals surface area contributed by atoms with Crippen LogP contribution in [0.2, 0.25) is 0 Å². The lowest BCUT2D eigenvalue weighted by atomic mass is 10.2. The van der Waals surface area contributed by atoms with Crippen LogP contribution in [0.4, 0.5) is 17.6 Å². The number of pyridine rings is 1. The number of hydrogen-bond donors (Lipinski definition) is 2. The zero-order chi connectivity index (χ0) is 28.1. The first-order chi connectivity index (χ1) is 18.5. The van der Waals surface area contributed by atoms with E-state index in [0.29, 0.717) is 10.1 Å². The Bertz CT molecular complexity index is 1770. The van der Waals surface area contributed by atoms with Crippen LogP contribution in [0.5, 0.6) is 11.5 Å². The summed E-state index contributed by atoms with van der Waals surface area (Å²) in [6, 6.07) is 12.0. The maximum absolute atomic E-state index is 15.4. The van der Waals surface area contributed by atoms with Crippen LogP contribution >= 0.6 is 0 Å². The van der Waals surface area contributed by atoms with Gasteiger partial charge in [-0.05, 0) is 44.2 Å². The van der Waals surface area contributed by atoms with Crippen molar-refractivity contribution in [3.63, 3.8) is 0 Å².